The lowest BCUT2D eigenvalue weighted by Crippen LogP contribution is -2.54. The SMILES string of the molecule is COCCOCCOCCC[Si]1(C)O[Si](C)O[Si](C)O1. The van der Waals surface area contributed by atoms with Crippen LogP contribution < -0.4 is 0 Å². The molecule has 0 aromatic carbocycles. The summed E-state index contributed by atoms with van der Waals surface area (Å²) in [6, 6.07) is 0.963. The fraction of sp³-hybridized carbons (Fsp3) is 1.00. The highest BCUT2D eigenvalue weighted by atomic mass is 28.5. The van der Waals surface area contributed by atoms with Gasteiger partial charge < -0.3 is 26.6 Å². The maximum atomic E-state index is 5.94. The van der Waals surface area contributed by atoms with Gasteiger partial charge in [0.25, 0.3) is 0 Å². The molecule has 0 aromatic heterocycles. The molecule has 2 radical (unpaired) electrons. The molecule has 118 valence electrons. The number of ether oxygens (including phenoxy) is 3. The third kappa shape index (κ3) is 8.00. The standard InChI is InChI=1S/C11H26O6Si3/c1-12-7-8-14-10-9-13-6-5-11-20(4)16-18(2)15-19(3)17-20/h5-11H2,1-4H3. The van der Waals surface area contributed by atoms with E-state index in [1.807, 2.05) is 13.1 Å². The van der Waals surface area contributed by atoms with Gasteiger partial charge in [-0.2, -0.15) is 0 Å². The summed E-state index contributed by atoms with van der Waals surface area (Å²) in [7, 11) is -2.54. The van der Waals surface area contributed by atoms with Gasteiger partial charge in [-0.1, -0.05) is 0 Å². The van der Waals surface area contributed by atoms with Crippen molar-refractivity contribution in [3.8, 4) is 0 Å². The summed E-state index contributed by atoms with van der Waals surface area (Å²) in [5, 5.41) is 0. The predicted octanol–water partition coefficient (Wildman–Crippen LogP) is 1.43. The number of hydrogen-bond acceptors (Lipinski definition) is 6. The molecule has 0 N–H and O–H groups in total. The second kappa shape index (κ2) is 10.2. The van der Waals surface area contributed by atoms with Crippen LogP contribution in [0.1, 0.15) is 6.42 Å². The molecule has 9 heteroatoms. The monoisotopic (exact) mass is 338 g/mol. The van der Waals surface area contributed by atoms with Gasteiger partial charge in [0.05, 0.1) is 26.4 Å². The zero-order valence-corrected chi connectivity index (χ0v) is 15.9. The minimum atomic E-state index is -2.01. The molecule has 0 amide bonds. The molecule has 0 bridgehead atoms. The first-order chi connectivity index (χ1) is 9.56. The first kappa shape index (κ1) is 18.5. The van der Waals surface area contributed by atoms with E-state index >= 15 is 0 Å². The molecule has 1 aliphatic rings. The molecular weight excluding hydrogens is 312 g/mol. The van der Waals surface area contributed by atoms with Crippen LogP contribution in [-0.4, -0.2) is 67.3 Å². The van der Waals surface area contributed by atoms with E-state index in [-0.39, 0.29) is 0 Å². The van der Waals surface area contributed by atoms with E-state index in [9.17, 15) is 0 Å². The van der Waals surface area contributed by atoms with Crippen molar-refractivity contribution in [1.29, 1.82) is 0 Å². The first-order valence-electron chi connectivity index (χ1n) is 6.93. The van der Waals surface area contributed by atoms with Crippen LogP contribution in [0.25, 0.3) is 0 Å². The van der Waals surface area contributed by atoms with Crippen molar-refractivity contribution < 1.29 is 26.6 Å². The van der Waals surface area contributed by atoms with E-state index in [1.165, 1.54) is 0 Å². The Hall–Kier alpha value is 0.411. The predicted molar refractivity (Wildman–Crippen MR) is 81.0 cm³/mol. The molecule has 0 unspecified atom stereocenters. The molecule has 0 atom stereocenters. The molecule has 0 aromatic rings. The van der Waals surface area contributed by atoms with Crippen molar-refractivity contribution in [2.45, 2.75) is 32.1 Å². The average Bonchev–Trinajstić information content (AvgIpc) is 2.35. The summed E-state index contributed by atoms with van der Waals surface area (Å²) in [5.74, 6) is 0. The van der Waals surface area contributed by atoms with E-state index in [1.54, 1.807) is 7.11 Å². The van der Waals surface area contributed by atoms with Crippen LogP contribution in [0.4, 0.5) is 0 Å². The van der Waals surface area contributed by atoms with Crippen molar-refractivity contribution in [3.63, 3.8) is 0 Å². The highest BCUT2D eigenvalue weighted by Crippen LogP contribution is 2.23. The van der Waals surface area contributed by atoms with Gasteiger partial charge in [-0.3, -0.25) is 0 Å². The molecule has 1 saturated heterocycles. The maximum absolute atomic E-state index is 5.94. The second-order valence-electron chi connectivity index (χ2n) is 4.74. The lowest BCUT2D eigenvalue weighted by Gasteiger charge is -2.37. The minimum absolute atomic E-state index is 0.614. The van der Waals surface area contributed by atoms with E-state index in [0.29, 0.717) is 26.4 Å². The normalized spacial score (nSPS) is 20.4. The summed E-state index contributed by atoms with van der Waals surface area (Å²) >= 11 is 0. The Kier molecular flexibility index (Phi) is 9.40. The van der Waals surface area contributed by atoms with Crippen LogP contribution in [0.5, 0.6) is 0 Å². The third-order valence-electron chi connectivity index (χ3n) is 2.73. The Morgan fingerprint density at radius 3 is 2.05 bits per heavy atom. The van der Waals surface area contributed by atoms with Crippen LogP contribution in [-0.2, 0) is 26.6 Å². The quantitative estimate of drug-likeness (QED) is 0.444. The summed E-state index contributed by atoms with van der Waals surface area (Å²) in [5.41, 5.74) is 0. The molecular formula is C11H26O6Si3. The van der Waals surface area contributed by atoms with Gasteiger partial charge in [0.15, 0.2) is 0 Å². The van der Waals surface area contributed by atoms with Gasteiger partial charge in [-0.15, -0.1) is 0 Å². The molecule has 6 nitrogen and oxygen atoms in total. The third-order valence-corrected chi connectivity index (χ3v) is 12.0. The fourth-order valence-electron chi connectivity index (χ4n) is 1.93. The number of rotatable bonds is 10. The molecule has 20 heavy (non-hydrogen) atoms. The average molecular weight is 339 g/mol. The largest absolute Gasteiger partial charge is 0.415 e. The van der Waals surface area contributed by atoms with Crippen LogP contribution >= 0.6 is 0 Å². The van der Waals surface area contributed by atoms with Crippen molar-refractivity contribution in [2.24, 2.45) is 0 Å². The van der Waals surface area contributed by atoms with E-state index < -0.39 is 27.1 Å². The minimum Gasteiger partial charge on any atom is -0.415 e. The second-order valence-corrected chi connectivity index (χ2v) is 11.9. The lowest BCUT2D eigenvalue weighted by atomic mass is 10.5. The Bertz CT molecular complexity index is 248. The summed E-state index contributed by atoms with van der Waals surface area (Å²) in [6.45, 7) is 9.42. The number of hydrogen-bond donors (Lipinski definition) is 0. The Morgan fingerprint density at radius 2 is 1.45 bits per heavy atom. The Balaban J connectivity index is 2.00. The zero-order chi connectivity index (χ0) is 14.8. The van der Waals surface area contributed by atoms with Crippen molar-refractivity contribution in [3.05, 3.63) is 0 Å². The van der Waals surface area contributed by atoms with E-state index in [0.717, 1.165) is 19.1 Å². The number of methoxy groups -OCH3 is 1. The summed E-state index contributed by atoms with van der Waals surface area (Å²) in [4.78, 5) is 0. The van der Waals surface area contributed by atoms with Crippen molar-refractivity contribution in [2.75, 3.05) is 40.1 Å². The zero-order valence-electron chi connectivity index (χ0n) is 12.9. The lowest BCUT2D eigenvalue weighted by molar-refractivity contribution is 0.0247. The van der Waals surface area contributed by atoms with E-state index in [2.05, 4.69) is 6.55 Å². The molecule has 1 heterocycles. The van der Waals surface area contributed by atoms with Crippen LogP contribution in [0.2, 0.25) is 25.7 Å². The van der Waals surface area contributed by atoms with Gasteiger partial charge in [0.2, 0.25) is 0 Å². The van der Waals surface area contributed by atoms with Crippen LogP contribution in [0.15, 0.2) is 0 Å². The summed E-state index contributed by atoms with van der Waals surface area (Å²) < 4.78 is 33.2. The van der Waals surface area contributed by atoms with E-state index in [4.69, 9.17) is 26.6 Å². The maximum Gasteiger partial charge on any atom is 0.362 e. The van der Waals surface area contributed by atoms with Crippen LogP contribution in [0, 0.1) is 0 Å². The highest BCUT2D eigenvalue weighted by Gasteiger charge is 2.41. The Labute approximate surface area is 126 Å². The van der Waals surface area contributed by atoms with Gasteiger partial charge in [-0.25, -0.2) is 0 Å². The van der Waals surface area contributed by atoms with Gasteiger partial charge in [-0.05, 0) is 32.1 Å². The molecule has 1 rings (SSSR count). The van der Waals surface area contributed by atoms with Crippen molar-refractivity contribution >= 4 is 27.1 Å². The smallest absolute Gasteiger partial charge is 0.362 e. The molecule has 0 spiro atoms. The molecule has 1 aliphatic heterocycles. The fourth-order valence-corrected chi connectivity index (χ4v) is 11.6. The van der Waals surface area contributed by atoms with Gasteiger partial charge in [0.1, 0.15) is 0 Å². The molecule has 0 saturated carbocycles. The summed E-state index contributed by atoms with van der Waals surface area (Å²) in [6.07, 6.45) is 0.963. The molecule has 1 fully saturated rings. The van der Waals surface area contributed by atoms with Gasteiger partial charge >= 0.3 is 27.1 Å². The van der Waals surface area contributed by atoms with Crippen molar-refractivity contribution in [1.82, 2.24) is 0 Å². The molecule has 0 aliphatic carbocycles. The topological polar surface area (TPSA) is 55.4 Å². The first-order valence-corrected chi connectivity index (χ1v) is 13.1. The van der Waals surface area contributed by atoms with Gasteiger partial charge in [0, 0.05) is 13.7 Å². The Morgan fingerprint density at radius 1 is 0.900 bits per heavy atom. The highest BCUT2D eigenvalue weighted by molar-refractivity contribution is 6.82. The van der Waals surface area contributed by atoms with Crippen LogP contribution in [0.3, 0.4) is 0 Å².